The lowest BCUT2D eigenvalue weighted by molar-refractivity contribution is -0.137. The Bertz CT molecular complexity index is 1060. The van der Waals surface area contributed by atoms with Gasteiger partial charge in [0.2, 0.25) is 0 Å². The molecule has 0 spiro atoms. The summed E-state index contributed by atoms with van der Waals surface area (Å²) in [6, 6.07) is 16.7. The molecule has 148 valence electrons. The van der Waals surface area contributed by atoms with Crippen LogP contribution in [0.15, 0.2) is 72.8 Å². The van der Waals surface area contributed by atoms with E-state index in [2.05, 4.69) is 10.6 Å². The maximum absolute atomic E-state index is 12.9. The number of hydrogen-bond acceptors (Lipinski definition) is 3. The van der Waals surface area contributed by atoms with Gasteiger partial charge in [0.05, 0.1) is 28.1 Å². The molecule has 0 saturated heterocycles. The van der Waals surface area contributed by atoms with Gasteiger partial charge in [0.1, 0.15) is 0 Å². The van der Waals surface area contributed by atoms with E-state index in [0.29, 0.717) is 0 Å². The quantitative estimate of drug-likeness (QED) is 0.536. The van der Waals surface area contributed by atoms with Gasteiger partial charge in [-0.05, 0) is 42.5 Å². The summed E-state index contributed by atoms with van der Waals surface area (Å²) < 4.78 is 38.8. The van der Waals surface area contributed by atoms with Gasteiger partial charge in [-0.3, -0.25) is 4.79 Å². The first kappa shape index (κ1) is 19.9. The third-order valence-electron chi connectivity index (χ3n) is 4.05. The molecule has 0 aromatic heterocycles. The van der Waals surface area contributed by atoms with Crippen LogP contribution in [0.2, 0.25) is 0 Å². The second-order valence-corrected chi connectivity index (χ2v) is 6.05. The number of carboxylic acids is 1. The number of para-hydroxylation sites is 2. The van der Waals surface area contributed by atoms with Crippen LogP contribution in [0.4, 0.5) is 30.2 Å². The average molecular weight is 400 g/mol. The molecule has 3 rings (SSSR count). The standard InChI is InChI=1S/C21H15F3N2O3/c22-21(23,24)13-6-5-7-14(12-13)25-17-10-3-1-8-15(17)19(27)26-18-11-4-2-9-16(18)20(28)29/h1-12,25H,(H,26,27)(H,28,29). The van der Waals surface area contributed by atoms with Gasteiger partial charge in [-0.25, -0.2) is 4.79 Å². The monoisotopic (exact) mass is 400 g/mol. The van der Waals surface area contributed by atoms with Crippen molar-refractivity contribution in [1.82, 2.24) is 0 Å². The minimum absolute atomic E-state index is 0.0795. The molecule has 0 bridgehead atoms. The maximum Gasteiger partial charge on any atom is 0.416 e. The van der Waals surface area contributed by atoms with Gasteiger partial charge in [0.15, 0.2) is 0 Å². The van der Waals surface area contributed by atoms with Gasteiger partial charge < -0.3 is 15.7 Å². The van der Waals surface area contributed by atoms with Crippen LogP contribution in [0.1, 0.15) is 26.3 Å². The largest absolute Gasteiger partial charge is 0.478 e. The number of halogens is 3. The molecule has 8 heteroatoms. The lowest BCUT2D eigenvalue weighted by Gasteiger charge is -2.14. The van der Waals surface area contributed by atoms with Crippen LogP contribution in [0.3, 0.4) is 0 Å². The number of hydrogen-bond donors (Lipinski definition) is 3. The van der Waals surface area contributed by atoms with Gasteiger partial charge in [-0.2, -0.15) is 13.2 Å². The van der Waals surface area contributed by atoms with Crippen LogP contribution in [0.25, 0.3) is 0 Å². The Labute approximate surface area is 163 Å². The molecule has 0 radical (unpaired) electrons. The summed E-state index contributed by atoms with van der Waals surface area (Å²) in [6.07, 6.45) is -4.49. The van der Waals surface area contributed by atoms with E-state index in [1.54, 1.807) is 18.2 Å². The van der Waals surface area contributed by atoms with E-state index in [4.69, 9.17) is 0 Å². The molecule has 0 aliphatic carbocycles. The smallest absolute Gasteiger partial charge is 0.416 e. The van der Waals surface area contributed by atoms with Crippen LogP contribution in [0, 0.1) is 0 Å². The van der Waals surface area contributed by atoms with Crippen LogP contribution >= 0.6 is 0 Å². The van der Waals surface area contributed by atoms with E-state index >= 15 is 0 Å². The Morgan fingerprint density at radius 3 is 2.07 bits per heavy atom. The van der Waals surface area contributed by atoms with E-state index in [9.17, 15) is 27.9 Å². The molecule has 5 nitrogen and oxygen atoms in total. The van der Waals surface area contributed by atoms with E-state index in [-0.39, 0.29) is 28.2 Å². The van der Waals surface area contributed by atoms with Gasteiger partial charge >= 0.3 is 12.1 Å². The predicted molar refractivity (Wildman–Crippen MR) is 103 cm³/mol. The highest BCUT2D eigenvalue weighted by Gasteiger charge is 2.30. The second kappa shape index (κ2) is 8.05. The van der Waals surface area contributed by atoms with Crippen LogP contribution in [-0.2, 0) is 6.18 Å². The minimum Gasteiger partial charge on any atom is -0.478 e. The first-order valence-corrected chi connectivity index (χ1v) is 8.42. The molecule has 1 amide bonds. The van der Waals surface area contributed by atoms with Crippen molar-refractivity contribution < 1.29 is 27.9 Å². The summed E-state index contributed by atoms with van der Waals surface area (Å²) in [7, 11) is 0. The molecule has 3 aromatic carbocycles. The van der Waals surface area contributed by atoms with Crippen molar-refractivity contribution >= 4 is 28.9 Å². The van der Waals surface area contributed by atoms with Gasteiger partial charge in [-0.15, -0.1) is 0 Å². The van der Waals surface area contributed by atoms with Crippen LogP contribution < -0.4 is 10.6 Å². The minimum atomic E-state index is -4.49. The number of anilines is 3. The zero-order valence-corrected chi connectivity index (χ0v) is 14.8. The molecule has 3 N–H and O–H groups in total. The number of carbonyl (C=O) groups excluding carboxylic acids is 1. The predicted octanol–water partition coefficient (Wildman–Crippen LogP) is 5.40. The van der Waals surface area contributed by atoms with E-state index in [1.165, 1.54) is 42.5 Å². The highest BCUT2D eigenvalue weighted by molar-refractivity contribution is 6.10. The van der Waals surface area contributed by atoms with Crippen molar-refractivity contribution in [2.45, 2.75) is 6.18 Å². The zero-order chi connectivity index (χ0) is 21.0. The Hall–Kier alpha value is -3.81. The summed E-state index contributed by atoms with van der Waals surface area (Å²) in [4.78, 5) is 24.0. The molecular weight excluding hydrogens is 385 g/mol. The number of carboxylic acid groups (broad SMARTS) is 1. The fourth-order valence-corrected chi connectivity index (χ4v) is 2.69. The van der Waals surface area contributed by atoms with Gasteiger partial charge in [0, 0.05) is 5.69 Å². The summed E-state index contributed by atoms with van der Waals surface area (Å²) in [5.41, 5.74) is -0.212. The first-order chi connectivity index (χ1) is 13.8. The fraction of sp³-hybridized carbons (Fsp3) is 0.0476. The van der Waals surface area contributed by atoms with Crippen molar-refractivity contribution in [2.24, 2.45) is 0 Å². The molecule has 0 saturated carbocycles. The highest BCUT2D eigenvalue weighted by Crippen LogP contribution is 2.32. The van der Waals surface area contributed by atoms with Crippen molar-refractivity contribution in [3.63, 3.8) is 0 Å². The number of nitrogens with one attached hydrogen (secondary N) is 2. The first-order valence-electron chi connectivity index (χ1n) is 8.42. The summed E-state index contributed by atoms with van der Waals surface area (Å²) in [5.74, 6) is -1.80. The summed E-state index contributed by atoms with van der Waals surface area (Å²) in [5, 5.41) is 14.6. The molecule has 0 aliphatic rings. The summed E-state index contributed by atoms with van der Waals surface area (Å²) >= 11 is 0. The normalized spacial score (nSPS) is 11.0. The second-order valence-electron chi connectivity index (χ2n) is 6.05. The van der Waals surface area contributed by atoms with E-state index in [0.717, 1.165) is 12.1 Å². The van der Waals surface area contributed by atoms with Gasteiger partial charge in [-0.1, -0.05) is 30.3 Å². The molecule has 0 unspecified atom stereocenters. The lowest BCUT2D eigenvalue weighted by Crippen LogP contribution is -2.16. The van der Waals surface area contributed by atoms with Crippen molar-refractivity contribution in [1.29, 1.82) is 0 Å². The molecule has 0 atom stereocenters. The topological polar surface area (TPSA) is 78.4 Å². The Morgan fingerprint density at radius 2 is 1.41 bits per heavy atom. The molecule has 29 heavy (non-hydrogen) atoms. The number of amides is 1. The number of benzene rings is 3. The molecule has 0 aliphatic heterocycles. The number of rotatable bonds is 5. The van der Waals surface area contributed by atoms with E-state index < -0.39 is 23.6 Å². The maximum atomic E-state index is 12.9. The third-order valence-corrected chi connectivity index (χ3v) is 4.05. The van der Waals surface area contributed by atoms with Crippen LogP contribution in [-0.4, -0.2) is 17.0 Å². The Balaban J connectivity index is 1.88. The number of alkyl halides is 3. The number of carbonyl (C=O) groups is 2. The van der Waals surface area contributed by atoms with Gasteiger partial charge in [0.25, 0.3) is 5.91 Å². The molecule has 0 fully saturated rings. The Kier molecular flexibility index (Phi) is 5.54. The third kappa shape index (κ3) is 4.73. The van der Waals surface area contributed by atoms with Crippen LogP contribution in [0.5, 0.6) is 0 Å². The average Bonchev–Trinajstić information content (AvgIpc) is 2.68. The van der Waals surface area contributed by atoms with Crippen molar-refractivity contribution in [2.75, 3.05) is 10.6 Å². The zero-order valence-electron chi connectivity index (χ0n) is 14.8. The lowest BCUT2D eigenvalue weighted by atomic mass is 10.1. The Morgan fingerprint density at radius 1 is 0.793 bits per heavy atom. The van der Waals surface area contributed by atoms with E-state index in [1.807, 2.05) is 0 Å². The van der Waals surface area contributed by atoms with Crippen molar-refractivity contribution in [3.05, 3.63) is 89.5 Å². The fourth-order valence-electron chi connectivity index (χ4n) is 2.69. The molecule has 3 aromatic rings. The highest BCUT2D eigenvalue weighted by atomic mass is 19.4. The summed E-state index contributed by atoms with van der Waals surface area (Å²) in [6.45, 7) is 0. The SMILES string of the molecule is O=C(O)c1ccccc1NC(=O)c1ccccc1Nc1cccc(C(F)(F)F)c1. The molecular formula is C21H15F3N2O3. The molecule has 0 heterocycles. The number of aromatic carboxylic acids is 1. The van der Waals surface area contributed by atoms with Crippen molar-refractivity contribution in [3.8, 4) is 0 Å².